The van der Waals surface area contributed by atoms with Gasteiger partial charge in [0.2, 0.25) is 0 Å². The topological polar surface area (TPSA) is 55.6 Å². The molecule has 2 heterocycles. The molecule has 1 aliphatic carbocycles. The van der Waals surface area contributed by atoms with E-state index < -0.39 is 0 Å². The number of tetrazole rings is 1. The quantitative estimate of drug-likeness (QED) is 0.901. The third-order valence-electron chi connectivity index (χ3n) is 5.72. The van der Waals surface area contributed by atoms with Crippen LogP contribution in [0.4, 0.5) is 0 Å². The highest BCUT2D eigenvalue weighted by Gasteiger charge is 2.68. The highest BCUT2D eigenvalue weighted by Crippen LogP contribution is 2.68. The van der Waals surface area contributed by atoms with E-state index in [1.54, 1.807) is 0 Å². The lowest BCUT2D eigenvalue weighted by atomic mass is 9.81. The molecule has 1 saturated carbocycles. The number of benzene rings is 1. The third kappa shape index (κ3) is 2.37. The molecule has 2 atom stereocenters. The van der Waals surface area contributed by atoms with Crippen molar-refractivity contribution in [1.82, 2.24) is 25.5 Å². The Bertz CT molecular complexity index is 774. The first-order chi connectivity index (χ1) is 11.5. The second-order valence-corrected chi connectivity index (χ2v) is 8.26. The number of nitrogens with zero attached hydrogens (tertiary/aromatic N) is 4. The molecule has 2 fully saturated rings. The molecule has 24 heavy (non-hydrogen) atoms. The molecule has 4 rings (SSSR count). The Hall–Kier alpha value is -1.17. The number of nitrogens with one attached hydrogen (secondary N) is 1. The van der Waals surface area contributed by atoms with E-state index in [0.717, 1.165) is 38.3 Å². The summed E-state index contributed by atoms with van der Waals surface area (Å²) in [6.45, 7) is 7.08. The van der Waals surface area contributed by atoms with E-state index in [0.29, 0.717) is 16.0 Å². The molecule has 0 amide bonds. The second-order valence-electron chi connectivity index (χ2n) is 7.44. The predicted molar refractivity (Wildman–Crippen MR) is 94.6 cm³/mol. The minimum Gasteiger partial charge on any atom is -0.316 e. The fourth-order valence-corrected chi connectivity index (χ4v) is 4.68. The zero-order chi connectivity index (χ0) is 16.9. The minimum absolute atomic E-state index is 0.140. The van der Waals surface area contributed by atoms with Crippen LogP contribution >= 0.6 is 23.2 Å². The molecule has 1 aliphatic heterocycles. The van der Waals surface area contributed by atoms with Gasteiger partial charge in [0.15, 0.2) is 5.82 Å². The molecule has 1 aromatic carbocycles. The molecule has 0 radical (unpaired) electrons. The maximum atomic E-state index is 6.28. The minimum atomic E-state index is 0.140. The van der Waals surface area contributed by atoms with Gasteiger partial charge in [-0.2, -0.15) is 0 Å². The van der Waals surface area contributed by atoms with E-state index in [9.17, 15) is 0 Å². The SMILES string of the molecule is CC(C)c1nnnn1CC12CNCCC1(c1ccc(Cl)c(Cl)c1)C2. The molecule has 1 saturated heterocycles. The molecule has 2 aliphatic rings. The van der Waals surface area contributed by atoms with Crippen molar-refractivity contribution < 1.29 is 0 Å². The fourth-order valence-electron chi connectivity index (χ4n) is 4.38. The van der Waals surface area contributed by atoms with Gasteiger partial charge in [0.25, 0.3) is 0 Å². The van der Waals surface area contributed by atoms with Gasteiger partial charge in [-0.3, -0.25) is 0 Å². The van der Waals surface area contributed by atoms with Crippen LogP contribution in [0.1, 0.15) is 44.0 Å². The molecule has 7 heteroatoms. The van der Waals surface area contributed by atoms with E-state index in [-0.39, 0.29) is 10.8 Å². The lowest BCUT2D eigenvalue weighted by molar-refractivity contribution is 0.269. The normalized spacial score (nSPS) is 28.9. The van der Waals surface area contributed by atoms with E-state index in [2.05, 4.69) is 40.8 Å². The van der Waals surface area contributed by atoms with Crippen LogP contribution < -0.4 is 5.32 Å². The number of hydrogen-bond acceptors (Lipinski definition) is 4. The number of fused-ring (bicyclic) bond motifs is 1. The van der Waals surface area contributed by atoms with Crippen molar-refractivity contribution >= 4 is 23.2 Å². The number of piperidine rings is 1. The Balaban J connectivity index is 1.69. The van der Waals surface area contributed by atoms with Gasteiger partial charge in [-0.1, -0.05) is 43.1 Å². The first-order valence-corrected chi connectivity index (χ1v) is 9.15. The molecular formula is C17H21Cl2N5. The summed E-state index contributed by atoms with van der Waals surface area (Å²) in [7, 11) is 0. The second kappa shape index (κ2) is 5.68. The molecular weight excluding hydrogens is 345 g/mol. The number of halogens is 2. The van der Waals surface area contributed by atoms with Crippen LogP contribution in [0.25, 0.3) is 0 Å². The lowest BCUT2D eigenvalue weighted by Gasteiger charge is -2.32. The summed E-state index contributed by atoms with van der Waals surface area (Å²) >= 11 is 12.4. The summed E-state index contributed by atoms with van der Waals surface area (Å²) < 4.78 is 1.98. The summed E-state index contributed by atoms with van der Waals surface area (Å²) in [4.78, 5) is 0. The van der Waals surface area contributed by atoms with Gasteiger partial charge >= 0.3 is 0 Å². The van der Waals surface area contributed by atoms with Crippen molar-refractivity contribution in [2.45, 2.75) is 44.6 Å². The predicted octanol–water partition coefficient (Wildman–Crippen LogP) is 3.42. The summed E-state index contributed by atoms with van der Waals surface area (Å²) in [5.74, 6) is 1.26. The monoisotopic (exact) mass is 365 g/mol. The van der Waals surface area contributed by atoms with Gasteiger partial charge in [0, 0.05) is 23.3 Å². The fraction of sp³-hybridized carbons (Fsp3) is 0.588. The van der Waals surface area contributed by atoms with E-state index in [4.69, 9.17) is 23.2 Å². The third-order valence-corrected chi connectivity index (χ3v) is 6.46. The maximum Gasteiger partial charge on any atom is 0.153 e. The van der Waals surface area contributed by atoms with Crippen molar-refractivity contribution in [3.8, 4) is 0 Å². The van der Waals surface area contributed by atoms with Crippen LogP contribution in [-0.2, 0) is 12.0 Å². The highest BCUT2D eigenvalue weighted by molar-refractivity contribution is 6.42. The summed E-state index contributed by atoms with van der Waals surface area (Å²) in [5.41, 5.74) is 1.58. The Kier molecular flexibility index (Phi) is 3.86. The molecule has 0 bridgehead atoms. The van der Waals surface area contributed by atoms with Crippen molar-refractivity contribution in [2.75, 3.05) is 13.1 Å². The number of aromatic nitrogens is 4. The molecule has 128 valence electrons. The van der Waals surface area contributed by atoms with Gasteiger partial charge < -0.3 is 5.32 Å². The zero-order valence-corrected chi connectivity index (χ0v) is 15.4. The average molecular weight is 366 g/mol. The molecule has 2 aromatic rings. The van der Waals surface area contributed by atoms with Gasteiger partial charge in [0.1, 0.15) is 0 Å². The van der Waals surface area contributed by atoms with Crippen LogP contribution in [0.5, 0.6) is 0 Å². The van der Waals surface area contributed by atoms with Crippen LogP contribution in [0.2, 0.25) is 10.0 Å². The Morgan fingerprint density at radius 1 is 1.29 bits per heavy atom. The smallest absolute Gasteiger partial charge is 0.153 e. The Labute approximate surface area is 151 Å². The molecule has 2 unspecified atom stereocenters. The number of rotatable bonds is 4. The lowest BCUT2D eigenvalue weighted by Crippen LogP contribution is -2.41. The van der Waals surface area contributed by atoms with Crippen LogP contribution in [0.3, 0.4) is 0 Å². The molecule has 1 N–H and O–H groups in total. The number of hydrogen-bond donors (Lipinski definition) is 1. The molecule has 5 nitrogen and oxygen atoms in total. The summed E-state index contributed by atoms with van der Waals surface area (Å²) in [5, 5.41) is 17.1. The first kappa shape index (κ1) is 16.3. The standard InChI is InChI=1S/C17H21Cl2N5/c1-11(2)15-21-22-23-24(15)10-16-8-17(16,5-6-20-9-16)12-3-4-13(18)14(19)7-12/h3-4,7,11,20H,5-6,8-10H2,1-2H3. The first-order valence-electron chi connectivity index (χ1n) is 8.40. The van der Waals surface area contributed by atoms with E-state index >= 15 is 0 Å². The van der Waals surface area contributed by atoms with Crippen molar-refractivity contribution in [1.29, 1.82) is 0 Å². The van der Waals surface area contributed by atoms with Crippen LogP contribution in [-0.4, -0.2) is 33.3 Å². The largest absolute Gasteiger partial charge is 0.316 e. The van der Waals surface area contributed by atoms with Crippen LogP contribution in [0, 0.1) is 5.41 Å². The zero-order valence-electron chi connectivity index (χ0n) is 13.9. The summed E-state index contributed by atoms with van der Waals surface area (Å²) in [6.07, 6.45) is 2.23. The van der Waals surface area contributed by atoms with Crippen LogP contribution in [0.15, 0.2) is 18.2 Å². The molecule has 1 aromatic heterocycles. The molecule has 0 spiro atoms. The Morgan fingerprint density at radius 3 is 2.88 bits per heavy atom. The van der Waals surface area contributed by atoms with Gasteiger partial charge in [-0.15, -0.1) is 5.10 Å². The average Bonchev–Trinajstić information content (AvgIpc) is 3.01. The van der Waals surface area contributed by atoms with E-state index in [1.807, 2.05) is 16.8 Å². The maximum absolute atomic E-state index is 6.28. The Morgan fingerprint density at radius 2 is 2.12 bits per heavy atom. The summed E-state index contributed by atoms with van der Waals surface area (Å²) in [6, 6.07) is 6.08. The van der Waals surface area contributed by atoms with Gasteiger partial charge in [-0.05, 0) is 47.5 Å². The van der Waals surface area contributed by atoms with E-state index in [1.165, 1.54) is 5.56 Å². The van der Waals surface area contributed by atoms with Gasteiger partial charge in [-0.25, -0.2) is 4.68 Å². The van der Waals surface area contributed by atoms with Crippen molar-refractivity contribution in [2.24, 2.45) is 5.41 Å². The highest BCUT2D eigenvalue weighted by atomic mass is 35.5. The van der Waals surface area contributed by atoms with Gasteiger partial charge in [0.05, 0.1) is 16.6 Å². The van der Waals surface area contributed by atoms with Crippen molar-refractivity contribution in [3.63, 3.8) is 0 Å². The van der Waals surface area contributed by atoms with Crippen molar-refractivity contribution in [3.05, 3.63) is 39.6 Å².